The Hall–Kier alpha value is -2.52. The van der Waals surface area contributed by atoms with Crippen LogP contribution in [0.4, 0.5) is 15.2 Å². The van der Waals surface area contributed by atoms with Gasteiger partial charge in [0.1, 0.15) is 5.82 Å². The summed E-state index contributed by atoms with van der Waals surface area (Å²) >= 11 is 1.43. The van der Waals surface area contributed by atoms with Crippen molar-refractivity contribution in [3.63, 3.8) is 0 Å². The zero-order chi connectivity index (χ0) is 19.8. The van der Waals surface area contributed by atoms with Gasteiger partial charge in [0.05, 0.1) is 30.7 Å². The van der Waals surface area contributed by atoms with Crippen LogP contribution in [-0.4, -0.2) is 51.7 Å². The fraction of sp³-hybridized carbons (Fsp3) is 0.450. The van der Waals surface area contributed by atoms with Gasteiger partial charge < -0.3 is 15.0 Å². The van der Waals surface area contributed by atoms with Crippen molar-refractivity contribution >= 4 is 33.0 Å². The van der Waals surface area contributed by atoms with Crippen molar-refractivity contribution in [1.82, 2.24) is 19.5 Å². The Morgan fingerprint density at radius 3 is 2.76 bits per heavy atom. The molecule has 1 saturated carbocycles. The Kier molecular flexibility index (Phi) is 4.92. The Balaban J connectivity index is 1.30. The monoisotopic (exact) mass is 415 g/mol. The SMILES string of the molecule is O=C(c1ccc(Nc2nn3cc(C4CCCC4)nc3s2)cc1F)N1CCOCC1. The van der Waals surface area contributed by atoms with Crippen molar-refractivity contribution in [2.45, 2.75) is 31.6 Å². The van der Waals surface area contributed by atoms with Gasteiger partial charge in [-0.1, -0.05) is 24.2 Å². The van der Waals surface area contributed by atoms with E-state index >= 15 is 0 Å². The van der Waals surface area contributed by atoms with Crippen molar-refractivity contribution in [3.05, 3.63) is 41.5 Å². The Bertz CT molecular complexity index is 1010. The first-order valence-corrected chi connectivity index (χ1v) is 10.8. The van der Waals surface area contributed by atoms with Crippen LogP contribution in [0.1, 0.15) is 47.7 Å². The first-order valence-electron chi connectivity index (χ1n) is 9.97. The lowest BCUT2D eigenvalue weighted by atomic mass is 10.1. The number of rotatable bonds is 4. The number of ether oxygens (including phenoxy) is 1. The lowest BCUT2D eigenvalue weighted by Gasteiger charge is -2.27. The van der Waals surface area contributed by atoms with Crippen molar-refractivity contribution < 1.29 is 13.9 Å². The minimum atomic E-state index is -0.545. The van der Waals surface area contributed by atoms with E-state index in [-0.39, 0.29) is 11.5 Å². The number of hydrogen-bond donors (Lipinski definition) is 1. The maximum Gasteiger partial charge on any atom is 0.256 e. The number of carbonyl (C=O) groups is 1. The van der Waals surface area contributed by atoms with Gasteiger partial charge in [-0.3, -0.25) is 4.79 Å². The molecule has 3 heterocycles. The molecule has 0 radical (unpaired) electrons. The lowest BCUT2D eigenvalue weighted by Crippen LogP contribution is -2.41. The number of fused-ring (bicyclic) bond motifs is 1. The molecular weight excluding hydrogens is 393 g/mol. The van der Waals surface area contributed by atoms with Crippen LogP contribution in [0.5, 0.6) is 0 Å². The average molecular weight is 415 g/mol. The van der Waals surface area contributed by atoms with Crippen LogP contribution < -0.4 is 5.32 Å². The topological polar surface area (TPSA) is 71.8 Å². The van der Waals surface area contributed by atoms with E-state index in [1.165, 1.54) is 49.2 Å². The first kappa shape index (κ1) is 18.5. The number of imidazole rings is 1. The highest BCUT2D eigenvalue weighted by atomic mass is 32.1. The summed E-state index contributed by atoms with van der Waals surface area (Å²) in [4.78, 5) is 19.7. The predicted octanol–water partition coefficient (Wildman–Crippen LogP) is 3.80. The van der Waals surface area contributed by atoms with Crippen LogP contribution in [0.2, 0.25) is 0 Å². The fourth-order valence-corrected chi connectivity index (χ4v) is 4.82. The van der Waals surface area contributed by atoms with Crippen molar-refractivity contribution in [1.29, 1.82) is 0 Å². The van der Waals surface area contributed by atoms with E-state index in [4.69, 9.17) is 9.72 Å². The molecule has 2 aliphatic rings. The molecule has 1 saturated heterocycles. The zero-order valence-electron chi connectivity index (χ0n) is 15.9. The Morgan fingerprint density at radius 1 is 1.24 bits per heavy atom. The number of amides is 1. The molecule has 0 atom stereocenters. The minimum absolute atomic E-state index is 0.0765. The predicted molar refractivity (Wildman–Crippen MR) is 108 cm³/mol. The van der Waals surface area contributed by atoms with E-state index in [9.17, 15) is 9.18 Å². The molecular formula is C20H22FN5O2S. The third-order valence-electron chi connectivity index (χ3n) is 5.58. The van der Waals surface area contributed by atoms with Crippen molar-refractivity contribution in [2.24, 2.45) is 0 Å². The fourth-order valence-electron chi connectivity index (χ4n) is 4.01. The molecule has 1 aliphatic heterocycles. The van der Waals surface area contributed by atoms with Gasteiger partial charge in [0.2, 0.25) is 10.1 Å². The largest absolute Gasteiger partial charge is 0.378 e. The Morgan fingerprint density at radius 2 is 2.03 bits per heavy atom. The number of anilines is 2. The van der Waals surface area contributed by atoms with Gasteiger partial charge in [-0.25, -0.2) is 13.9 Å². The van der Waals surface area contributed by atoms with Gasteiger partial charge in [-0.05, 0) is 31.0 Å². The normalized spacial score (nSPS) is 17.9. The molecule has 1 aromatic carbocycles. The molecule has 3 aromatic rings. The molecule has 1 aliphatic carbocycles. The zero-order valence-corrected chi connectivity index (χ0v) is 16.8. The van der Waals surface area contributed by atoms with E-state index in [1.807, 2.05) is 6.20 Å². The third-order valence-corrected chi connectivity index (χ3v) is 6.42. The number of carbonyl (C=O) groups excluding carboxylic acids is 1. The van der Waals surface area contributed by atoms with Crippen LogP contribution in [0.15, 0.2) is 24.4 Å². The van der Waals surface area contributed by atoms with Gasteiger partial charge in [-0.15, -0.1) is 5.10 Å². The molecule has 0 bridgehead atoms. The number of morpholine rings is 1. The summed E-state index contributed by atoms with van der Waals surface area (Å²) in [6.07, 6.45) is 6.94. The quantitative estimate of drug-likeness (QED) is 0.702. The molecule has 29 heavy (non-hydrogen) atoms. The molecule has 1 amide bonds. The summed E-state index contributed by atoms with van der Waals surface area (Å²) in [6, 6.07) is 4.55. The summed E-state index contributed by atoms with van der Waals surface area (Å²) in [5.74, 6) is -0.299. The number of aromatic nitrogens is 3. The summed E-state index contributed by atoms with van der Waals surface area (Å²) in [6.45, 7) is 1.95. The second kappa shape index (κ2) is 7.72. The smallest absolute Gasteiger partial charge is 0.256 e. The first-order chi connectivity index (χ1) is 14.2. The Labute approximate surface area is 171 Å². The second-order valence-corrected chi connectivity index (χ2v) is 8.46. The van der Waals surface area contributed by atoms with Gasteiger partial charge in [0.25, 0.3) is 5.91 Å². The molecule has 5 rings (SSSR count). The molecule has 2 fully saturated rings. The molecule has 0 spiro atoms. The van der Waals surface area contributed by atoms with E-state index in [2.05, 4.69) is 10.4 Å². The maximum absolute atomic E-state index is 14.6. The third kappa shape index (κ3) is 3.72. The molecule has 9 heteroatoms. The van der Waals surface area contributed by atoms with Crippen LogP contribution >= 0.6 is 11.3 Å². The summed E-state index contributed by atoms with van der Waals surface area (Å²) < 4.78 is 21.6. The standard InChI is InChI=1S/C20H22FN5O2S/c21-16-11-14(5-6-15(16)18(27)25-7-9-28-10-8-25)22-19-24-26-12-17(23-20(26)29-19)13-3-1-2-4-13/h5-6,11-13H,1-4,7-10H2,(H,22,24). The average Bonchev–Trinajstić information content (AvgIpc) is 3.44. The molecule has 2 aromatic heterocycles. The highest BCUT2D eigenvalue weighted by Crippen LogP contribution is 2.34. The number of nitrogens with zero attached hydrogens (tertiary/aromatic N) is 4. The van der Waals surface area contributed by atoms with E-state index in [0.717, 1.165) is 10.7 Å². The summed E-state index contributed by atoms with van der Waals surface area (Å²) in [5, 5.41) is 8.26. The van der Waals surface area contributed by atoms with E-state index in [0.29, 0.717) is 43.0 Å². The minimum Gasteiger partial charge on any atom is -0.378 e. The second-order valence-electron chi connectivity index (χ2n) is 7.51. The molecule has 7 nitrogen and oxygen atoms in total. The van der Waals surface area contributed by atoms with Crippen LogP contribution in [0.3, 0.4) is 0 Å². The van der Waals surface area contributed by atoms with Gasteiger partial charge in [-0.2, -0.15) is 0 Å². The van der Waals surface area contributed by atoms with Crippen LogP contribution in [-0.2, 0) is 4.74 Å². The molecule has 1 N–H and O–H groups in total. The number of hydrogen-bond acceptors (Lipinski definition) is 6. The number of halogens is 1. The van der Waals surface area contributed by atoms with Crippen LogP contribution in [0.25, 0.3) is 4.96 Å². The number of nitrogens with one attached hydrogen (secondary N) is 1. The molecule has 0 unspecified atom stereocenters. The van der Waals surface area contributed by atoms with Crippen molar-refractivity contribution in [3.8, 4) is 0 Å². The maximum atomic E-state index is 14.6. The summed E-state index contributed by atoms with van der Waals surface area (Å²) in [5.41, 5.74) is 1.74. The van der Waals surface area contributed by atoms with E-state index in [1.54, 1.807) is 15.5 Å². The van der Waals surface area contributed by atoms with Crippen LogP contribution in [0, 0.1) is 5.82 Å². The lowest BCUT2D eigenvalue weighted by molar-refractivity contribution is 0.0300. The van der Waals surface area contributed by atoms with E-state index < -0.39 is 5.82 Å². The van der Waals surface area contributed by atoms with Gasteiger partial charge in [0.15, 0.2) is 0 Å². The molecule has 152 valence electrons. The highest BCUT2D eigenvalue weighted by Gasteiger charge is 2.23. The number of benzene rings is 1. The van der Waals surface area contributed by atoms with Crippen molar-refractivity contribution in [2.75, 3.05) is 31.6 Å². The van der Waals surface area contributed by atoms with Gasteiger partial charge >= 0.3 is 0 Å². The highest BCUT2D eigenvalue weighted by molar-refractivity contribution is 7.20. The summed E-state index contributed by atoms with van der Waals surface area (Å²) in [7, 11) is 0. The van der Waals surface area contributed by atoms with Gasteiger partial charge in [0, 0.05) is 24.7 Å².